The van der Waals surface area contributed by atoms with E-state index in [1.54, 1.807) is 0 Å². The van der Waals surface area contributed by atoms with Crippen molar-refractivity contribution >= 4 is 0 Å². The predicted molar refractivity (Wildman–Crippen MR) is 70.4 cm³/mol. The van der Waals surface area contributed by atoms with Crippen molar-refractivity contribution in [1.82, 2.24) is 4.90 Å². The minimum Gasteiger partial charge on any atom is -0.394 e. The van der Waals surface area contributed by atoms with E-state index in [1.807, 2.05) is 32.8 Å². The molecule has 0 saturated heterocycles. The Bertz CT molecular complexity index is 159. The number of ether oxygens (including phenoxy) is 1. The van der Waals surface area contributed by atoms with Gasteiger partial charge in [0.05, 0.1) is 13.2 Å². The van der Waals surface area contributed by atoms with Gasteiger partial charge >= 0.3 is 0 Å². The van der Waals surface area contributed by atoms with E-state index in [4.69, 9.17) is 14.9 Å². The van der Waals surface area contributed by atoms with E-state index in [-0.39, 0.29) is 0 Å². The number of hydrogen-bond donors (Lipinski definition) is 4. The Hall–Kier alpha value is -0.240. The van der Waals surface area contributed by atoms with Gasteiger partial charge < -0.3 is 30.1 Å². The van der Waals surface area contributed by atoms with E-state index in [9.17, 15) is 10.2 Å². The van der Waals surface area contributed by atoms with E-state index >= 15 is 0 Å². The fourth-order valence-electron chi connectivity index (χ4n) is 1.29. The first kappa shape index (κ1) is 20.1. The summed E-state index contributed by atoms with van der Waals surface area (Å²) in [4.78, 5) is 1.99. The van der Waals surface area contributed by atoms with Gasteiger partial charge in [0, 0.05) is 6.61 Å². The maximum atomic E-state index is 9.37. The zero-order valence-corrected chi connectivity index (χ0v) is 11.9. The molecule has 0 radical (unpaired) electrons. The molecule has 0 amide bonds. The zero-order valence-electron chi connectivity index (χ0n) is 11.9. The third-order valence-corrected chi connectivity index (χ3v) is 2.19. The van der Waals surface area contributed by atoms with Gasteiger partial charge in [-0.1, -0.05) is 13.8 Å². The van der Waals surface area contributed by atoms with Crippen LogP contribution in [0.2, 0.25) is 0 Å². The molecule has 6 heteroatoms. The number of nitrogens with zero attached hydrogens (tertiary/aromatic N) is 1. The molecule has 0 saturated carbocycles. The topological polar surface area (TPSA) is 93.4 Å². The van der Waals surface area contributed by atoms with Crippen molar-refractivity contribution < 1.29 is 25.2 Å². The first-order chi connectivity index (χ1) is 8.52. The average molecular weight is 267 g/mol. The van der Waals surface area contributed by atoms with Crippen molar-refractivity contribution in [2.24, 2.45) is 0 Å². The highest BCUT2D eigenvalue weighted by Crippen LogP contribution is 2.06. The summed E-state index contributed by atoms with van der Waals surface area (Å²) in [7, 11) is 3.87. The lowest BCUT2D eigenvalue weighted by atomic mass is 10.1. The minimum absolute atomic E-state index is 0.358. The van der Waals surface area contributed by atoms with Crippen LogP contribution in [-0.4, -0.2) is 84.1 Å². The highest BCUT2D eigenvalue weighted by molar-refractivity contribution is 4.76. The molecule has 0 heterocycles. The predicted octanol–water partition coefficient (Wildman–Crippen LogP) is -0.944. The summed E-state index contributed by atoms with van der Waals surface area (Å²) in [5, 5.41) is 36.3. The molecule has 0 rings (SSSR count). The lowest BCUT2D eigenvalue weighted by molar-refractivity contribution is -0.123. The number of aliphatic hydroxyl groups excluding tert-OH is 4. The Labute approximate surface area is 110 Å². The van der Waals surface area contributed by atoms with E-state index in [0.717, 1.165) is 13.0 Å². The molecular formula is C12H29NO5. The number of aliphatic hydroxyl groups is 4. The fraction of sp³-hybridized carbons (Fsp3) is 1.00. The summed E-state index contributed by atoms with van der Waals surface area (Å²) >= 11 is 0. The Balaban J connectivity index is 0. The van der Waals surface area contributed by atoms with Crippen molar-refractivity contribution in [2.45, 2.75) is 38.6 Å². The lowest BCUT2D eigenvalue weighted by Crippen LogP contribution is -2.43. The summed E-state index contributed by atoms with van der Waals surface area (Å²) in [5.74, 6) is 0. The van der Waals surface area contributed by atoms with Gasteiger partial charge in [-0.05, 0) is 27.1 Å². The van der Waals surface area contributed by atoms with Crippen molar-refractivity contribution in [3.8, 4) is 0 Å². The van der Waals surface area contributed by atoms with Gasteiger partial charge in [-0.2, -0.15) is 0 Å². The van der Waals surface area contributed by atoms with Crippen LogP contribution in [0.15, 0.2) is 0 Å². The van der Waals surface area contributed by atoms with Crippen LogP contribution in [0.5, 0.6) is 0 Å². The second-order valence-corrected chi connectivity index (χ2v) is 3.99. The van der Waals surface area contributed by atoms with Crippen molar-refractivity contribution in [2.75, 3.05) is 40.5 Å². The summed E-state index contributed by atoms with van der Waals surface area (Å²) < 4.78 is 5.25. The summed E-state index contributed by atoms with van der Waals surface area (Å²) in [6.07, 6.45) is -2.56. The minimum atomic E-state index is -1.18. The molecule has 6 nitrogen and oxygen atoms in total. The molecule has 0 aliphatic heterocycles. The summed E-state index contributed by atoms with van der Waals surface area (Å²) in [6.45, 7) is 4.18. The van der Waals surface area contributed by atoms with Crippen LogP contribution < -0.4 is 0 Å². The fourth-order valence-corrected chi connectivity index (χ4v) is 1.29. The van der Waals surface area contributed by atoms with Crippen LogP contribution in [-0.2, 0) is 4.74 Å². The van der Waals surface area contributed by atoms with Gasteiger partial charge in [-0.3, -0.25) is 0 Å². The van der Waals surface area contributed by atoms with Gasteiger partial charge in [0.2, 0.25) is 0 Å². The molecule has 2 unspecified atom stereocenters. The first-order valence-electron chi connectivity index (χ1n) is 6.37. The third-order valence-electron chi connectivity index (χ3n) is 2.19. The SMILES string of the molecule is CC.CN(C)CCCOC(C(O)CO)C(O)CO. The van der Waals surface area contributed by atoms with E-state index in [0.29, 0.717) is 6.61 Å². The van der Waals surface area contributed by atoms with Crippen molar-refractivity contribution in [3.63, 3.8) is 0 Å². The molecule has 2 atom stereocenters. The molecule has 0 aliphatic carbocycles. The van der Waals surface area contributed by atoms with Crippen LogP contribution in [0.4, 0.5) is 0 Å². The Morgan fingerprint density at radius 1 is 1.00 bits per heavy atom. The quantitative estimate of drug-likeness (QED) is 0.403. The maximum absolute atomic E-state index is 9.37. The molecule has 18 heavy (non-hydrogen) atoms. The molecule has 0 fully saturated rings. The van der Waals surface area contributed by atoms with E-state index in [1.165, 1.54) is 0 Å². The van der Waals surface area contributed by atoms with Gasteiger partial charge in [-0.15, -0.1) is 0 Å². The second kappa shape index (κ2) is 13.2. The molecule has 0 aromatic carbocycles. The standard InChI is InChI=1S/C10H23NO5.C2H6/c1-11(2)4-3-5-16-10(8(14)6-12)9(15)7-13;1-2/h8-10,12-15H,3-7H2,1-2H3;1-2H3. The second-order valence-electron chi connectivity index (χ2n) is 3.99. The average Bonchev–Trinajstić information content (AvgIpc) is 2.39. The zero-order chi connectivity index (χ0) is 14.6. The molecule has 0 spiro atoms. The summed E-state index contributed by atoms with van der Waals surface area (Å²) in [6, 6.07) is 0. The molecule has 4 N–H and O–H groups in total. The molecule has 0 bridgehead atoms. The van der Waals surface area contributed by atoms with Gasteiger partial charge in [0.25, 0.3) is 0 Å². The largest absolute Gasteiger partial charge is 0.394 e. The maximum Gasteiger partial charge on any atom is 0.114 e. The molecule has 0 aromatic heterocycles. The molecule has 112 valence electrons. The van der Waals surface area contributed by atoms with Crippen molar-refractivity contribution in [3.05, 3.63) is 0 Å². The lowest BCUT2D eigenvalue weighted by Gasteiger charge is -2.25. The Kier molecular flexibility index (Phi) is 14.7. The Morgan fingerprint density at radius 2 is 1.44 bits per heavy atom. The van der Waals surface area contributed by atoms with Gasteiger partial charge in [0.1, 0.15) is 18.3 Å². The Morgan fingerprint density at radius 3 is 1.78 bits per heavy atom. The highest BCUT2D eigenvalue weighted by Gasteiger charge is 2.26. The smallest absolute Gasteiger partial charge is 0.114 e. The van der Waals surface area contributed by atoms with E-state index < -0.39 is 31.5 Å². The number of rotatable bonds is 9. The molecule has 0 aromatic rings. The monoisotopic (exact) mass is 267 g/mol. The summed E-state index contributed by atoms with van der Waals surface area (Å²) in [5.41, 5.74) is 0. The van der Waals surface area contributed by atoms with Crippen LogP contribution in [0.1, 0.15) is 20.3 Å². The first-order valence-corrected chi connectivity index (χ1v) is 6.37. The normalized spacial score (nSPS) is 15.8. The third kappa shape index (κ3) is 9.76. The number of hydrogen-bond acceptors (Lipinski definition) is 6. The van der Waals surface area contributed by atoms with Crippen LogP contribution in [0, 0.1) is 0 Å². The molecular weight excluding hydrogens is 238 g/mol. The van der Waals surface area contributed by atoms with Crippen LogP contribution in [0.25, 0.3) is 0 Å². The van der Waals surface area contributed by atoms with Gasteiger partial charge in [-0.25, -0.2) is 0 Å². The van der Waals surface area contributed by atoms with Gasteiger partial charge in [0.15, 0.2) is 0 Å². The highest BCUT2D eigenvalue weighted by atomic mass is 16.5. The van der Waals surface area contributed by atoms with Crippen LogP contribution >= 0.6 is 0 Å². The van der Waals surface area contributed by atoms with Crippen LogP contribution in [0.3, 0.4) is 0 Å². The molecule has 0 aliphatic rings. The van der Waals surface area contributed by atoms with Crippen molar-refractivity contribution in [1.29, 1.82) is 0 Å². The van der Waals surface area contributed by atoms with E-state index in [2.05, 4.69) is 0 Å².